The van der Waals surface area contributed by atoms with E-state index in [0.717, 1.165) is 116 Å². The van der Waals surface area contributed by atoms with Gasteiger partial charge in [0, 0.05) is 19.3 Å². The van der Waals surface area contributed by atoms with E-state index in [0.29, 0.717) is 25.7 Å². The second kappa shape index (κ2) is 75.4. The van der Waals surface area contributed by atoms with Crippen LogP contribution >= 0.6 is 15.6 Å². The summed E-state index contributed by atoms with van der Waals surface area (Å²) in [6, 6.07) is 0. The molecular formula is C83H142O16P2. The summed E-state index contributed by atoms with van der Waals surface area (Å²) in [5, 5.41) is 20.6. The van der Waals surface area contributed by atoms with Crippen LogP contribution in [0.2, 0.25) is 0 Å². The predicted molar refractivity (Wildman–Crippen MR) is 417 cm³/mol. The second-order valence-electron chi connectivity index (χ2n) is 26.1. The van der Waals surface area contributed by atoms with Gasteiger partial charge < -0.3 is 34.2 Å². The molecule has 18 heteroatoms. The van der Waals surface area contributed by atoms with Gasteiger partial charge in [0.05, 0.1) is 26.4 Å². The monoisotopic (exact) mass is 1460 g/mol. The number of hydrogen-bond donors (Lipinski definition) is 4. The summed E-state index contributed by atoms with van der Waals surface area (Å²) in [5.41, 5.74) is 0. The number of allylic oxidation sites excluding steroid dienone is 22. The van der Waals surface area contributed by atoms with Gasteiger partial charge in [0.2, 0.25) is 0 Å². The highest BCUT2D eigenvalue weighted by molar-refractivity contribution is 7.47. The van der Waals surface area contributed by atoms with Crippen molar-refractivity contribution in [3.8, 4) is 0 Å². The Morgan fingerprint density at radius 1 is 0.287 bits per heavy atom. The number of aliphatic hydroxyl groups is 2. The van der Waals surface area contributed by atoms with Crippen LogP contribution in [-0.4, -0.2) is 95.9 Å². The molecule has 580 valence electrons. The van der Waals surface area contributed by atoms with E-state index < -0.39 is 91.5 Å². The Hall–Kier alpha value is -4.31. The Kier molecular flexibility index (Phi) is 72.2. The summed E-state index contributed by atoms with van der Waals surface area (Å²) < 4.78 is 61.0. The van der Waals surface area contributed by atoms with Crippen LogP contribution in [0.15, 0.2) is 134 Å². The molecule has 0 aliphatic carbocycles. The molecule has 0 aromatic rings. The van der Waals surface area contributed by atoms with E-state index in [4.69, 9.17) is 32.3 Å². The molecule has 0 saturated carbocycles. The van der Waals surface area contributed by atoms with Crippen molar-refractivity contribution in [2.45, 2.75) is 334 Å². The third kappa shape index (κ3) is 76.6. The predicted octanol–water partition coefficient (Wildman–Crippen LogP) is 23.1. The molecule has 0 bridgehead atoms. The van der Waals surface area contributed by atoms with E-state index >= 15 is 0 Å². The van der Waals surface area contributed by atoms with E-state index in [1.54, 1.807) is 0 Å². The van der Waals surface area contributed by atoms with Crippen LogP contribution in [0, 0.1) is 0 Å². The second-order valence-corrected chi connectivity index (χ2v) is 29.0. The lowest BCUT2D eigenvalue weighted by molar-refractivity contribution is -0.161. The van der Waals surface area contributed by atoms with Crippen molar-refractivity contribution in [3.05, 3.63) is 134 Å². The minimum Gasteiger partial charge on any atom is -0.463 e. The highest BCUT2D eigenvalue weighted by Crippen LogP contribution is 2.45. The van der Waals surface area contributed by atoms with Crippen LogP contribution < -0.4 is 0 Å². The molecule has 0 aromatic carbocycles. The lowest BCUT2D eigenvalue weighted by Gasteiger charge is -2.21. The Bertz CT molecular complexity index is 2370. The zero-order chi connectivity index (χ0) is 73.7. The van der Waals surface area contributed by atoms with Gasteiger partial charge in [-0.25, -0.2) is 9.13 Å². The molecule has 0 saturated heterocycles. The van der Waals surface area contributed by atoms with Gasteiger partial charge in [-0.3, -0.25) is 32.5 Å². The van der Waals surface area contributed by atoms with Gasteiger partial charge in [-0.15, -0.1) is 0 Å². The lowest BCUT2D eigenvalue weighted by atomic mass is 10.0. The molecule has 0 spiro atoms. The number of phosphoric acid groups is 2. The first-order chi connectivity index (χ1) is 49.2. The number of carbonyl (C=O) groups excluding carboxylic acids is 3. The molecular weight excluding hydrogens is 1310 g/mol. The first-order valence-corrected chi connectivity index (χ1v) is 42.5. The van der Waals surface area contributed by atoms with Crippen LogP contribution in [0.4, 0.5) is 0 Å². The number of phosphoric ester groups is 2. The van der Waals surface area contributed by atoms with Gasteiger partial charge in [-0.2, -0.15) is 0 Å². The number of esters is 3. The average molecular weight is 1460 g/mol. The Morgan fingerprint density at radius 3 is 0.871 bits per heavy atom. The minimum atomic E-state index is -4.94. The van der Waals surface area contributed by atoms with Crippen molar-refractivity contribution in [2.24, 2.45) is 0 Å². The van der Waals surface area contributed by atoms with Crippen LogP contribution in [0.3, 0.4) is 0 Å². The Labute approximate surface area is 614 Å². The van der Waals surface area contributed by atoms with Crippen LogP contribution in [-0.2, 0) is 55.8 Å². The number of aliphatic hydroxyl groups excluding tert-OH is 2. The first kappa shape index (κ1) is 96.7. The molecule has 0 radical (unpaired) electrons. The van der Waals surface area contributed by atoms with Crippen LogP contribution in [0.25, 0.3) is 0 Å². The number of ether oxygens (including phenoxy) is 3. The maximum Gasteiger partial charge on any atom is 0.472 e. The lowest BCUT2D eigenvalue weighted by Crippen LogP contribution is -2.30. The summed E-state index contributed by atoms with van der Waals surface area (Å²) in [5.74, 6) is -1.64. The smallest absolute Gasteiger partial charge is 0.463 e. The summed E-state index contributed by atoms with van der Waals surface area (Å²) in [4.78, 5) is 58.5. The van der Waals surface area contributed by atoms with Gasteiger partial charge >= 0.3 is 33.6 Å². The summed E-state index contributed by atoms with van der Waals surface area (Å²) in [6.07, 6.45) is 91.1. The molecule has 4 N–H and O–H groups in total. The fraction of sp³-hybridized carbons (Fsp3) is 0.699. The maximum absolute atomic E-state index is 12.9. The average Bonchev–Trinajstić information content (AvgIpc) is 0.940. The van der Waals surface area contributed by atoms with E-state index in [2.05, 4.69) is 142 Å². The van der Waals surface area contributed by atoms with Crippen molar-refractivity contribution in [3.63, 3.8) is 0 Å². The number of unbranched alkanes of at least 4 members (excludes halogenated alkanes) is 29. The molecule has 0 heterocycles. The standard InChI is InChI=1S/C83H142O16P2/c1-4-7-10-13-16-19-22-25-27-29-30-31-32-33-34-35-36-37-38-39-40-41-42-43-44-45-46-48-50-52-54-57-60-63-66-69-81(86)93-72-78(84)73-95-100(89,90)96-74-79(85)75-97-101(91,92)98-77-80(99-83(88)71-68-65-62-59-56-51-24-21-18-15-12-9-6-3)76-94-82(87)70-67-64-61-58-55-53-49-47-28-26-23-20-17-14-11-8-5-2/h7-8,10-11,16-17,19-20,25-28,30-31,33-34,36-37,49,53,58,61,78-80,84-85H,4-6,9,12-15,18,21-24,29,32,35,38-48,50-52,54-57,59-60,62-77H2,1-3H3,(H,89,90)(H,91,92)/b10-7-,11-8-,19-16-,20-17-,27-25-,28-26-,31-30-,34-33-,37-36-,53-49-,61-58-. The topological polar surface area (TPSA) is 231 Å². The molecule has 0 amide bonds. The van der Waals surface area contributed by atoms with Gasteiger partial charge in [-0.05, 0) is 109 Å². The van der Waals surface area contributed by atoms with Gasteiger partial charge in [0.25, 0.3) is 0 Å². The van der Waals surface area contributed by atoms with E-state index in [-0.39, 0.29) is 19.3 Å². The first-order valence-electron chi connectivity index (χ1n) is 39.5. The molecule has 0 rings (SSSR count). The van der Waals surface area contributed by atoms with E-state index in [1.807, 2.05) is 12.2 Å². The molecule has 0 aliphatic rings. The largest absolute Gasteiger partial charge is 0.472 e. The molecule has 101 heavy (non-hydrogen) atoms. The molecule has 0 aliphatic heterocycles. The molecule has 5 unspecified atom stereocenters. The Balaban J connectivity index is 4.38. The molecule has 16 nitrogen and oxygen atoms in total. The number of carbonyl (C=O) groups is 3. The highest BCUT2D eigenvalue weighted by Gasteiger charge is 2.29. The fourth-order valence-electron chi connectivity index (χ4n) is 10.4. The molecule has 0 aromatic heterocycles. The van der Waals surface area contributed by atoms with Crippen molar-refractivity contribution in [1.29, 1.82) is 0 Å². The van der Waals surface area contributed by atoms with Crippen molar-refractivity contribution >= 4 is 33.6 Å². The third-order valence-corrected chi connectivity index (χ3v) is 18.3. The Morgan fingerprint density at radius 2 is 0.535 bits per heavy atom. The highest BCUT2D eigenvalue weighted by atomic mass is 31.2. The number of hydrogen-bond acceptors (Lipinski definition) is 14. The van der Waals surface area contributed by atoms with Gasteiger partial charge in [-0.1, -0.05) is 321 Å². The summed E-state index contributed by atoms with van der Waals surface area (Å²) >= 11 is 0. The van der Waals surface area contributed by atoms with Crippen molar-refractivity contribution < 1.29 is 75.8 Å². The SMILES string of the molecule is CC/C=C\C/C=C\C/C=C\C/C=C\C/C=C\C/C=C\CCCCCCCCCCCCCCCCCCC(=O)OCC(O)COP(=O)(O)OCC(O)COP(=O)(O)OCC(COC(=O)CCC/C=C\C/C=C\C/C=C\C/C=C\C/C=C\CC)OC(=O)CCCCCCCCCCCCCCC. The maximum atomic E-state index is 12.9. The van der Waals surface area contributed by atoms with E-state index in [9.17, 15) is 43.5 Å². The summed E-state index contributed by atoms with van der Waals surface area (Å²) in [6.45, 7) is 2.39. The van der Waals surface area contributed by atoms with Crippen LogP contribution in [0.5, 0.6) is 0 Å². The third-order valence-electron chi connectivity index (χ3n) is 16.4. The number of rotatable bonds is 74. The van der Waals surface area contributed by atoms with Crippen molar-refractivity contribution in [1.82, 2.24) is 0 Å². The minimum absolute atomic E-state index is 0.0924. The zero-order valence-electron chi connectivity index (χ0n) is 63.3. The van der Waals surface area contributed by atoms with Crippen molar-refractivity contribution in [2.75, 3.05) is 39.6 Å². The zero-order valence-corrected chi connectivity index (χ0v) is 65.1. The fourth-order valence-corrected chi connectivity index (χ4v) is 12.0. The van der Waals surface area contributed by atoms with Crippen LogP contribution in [0.1, 0.15) is 316 Å². The normalized spacial score (nSPS) is 14.7. The molecule has 0 fully saturated rings. The molecule has 5 atom stereocenters. The van der Waals surface area contributed by atoms with Gasteiger partial charge in [0.1, 0.15) is 25.4 Å². The van der Waals surface area contributed by atoms with E-state index in [1.165, 1.54) is 135 Å². The quantitative estimate of drug-likeness (QED) is 0.0146. The van der Waals surface area contributed by atoms with Gasteiger partial charge in [0.15, 0.2) is 6.10 Å². The summed E-state index contributed by atoms with van der Waals surface area (Å²) in [7, 11) is -9.80.